The molecule has 3 aromatic rings. The van der Waals surface area contributed by atoms with Crippen LogP contribution in [0.5, 0.6) is 11.5 Å². The first-order valence-corrected chi connectivity index (χ1v) is 14.8. The van der Waals surface area contributed by atoms with Crippen molar-refractivity contribution in [1.82, 2.24) is 4.90 Å². The number of nitrogens with one attached hydrogen (secondary N) is 1. The van der Waals surface area contributed by atoms with Crippen molar-refractivity contribution in [1.29, 1.82) is 0 Å². The number of hydrogen-bond donors (Lipinski definition) is 2. The van der Waals surface area contributed by atoms with E-state index in [4.69, 9.17) is 42.1 Å². The van der Waals surface area contributed by atoms with Crippen molar-refractivity contribution in [3.8, 4) is 11.5 Å². The predicted molar refractivity (Wildman–Crippen MR) is 168 cm³/mol. The zero-order valence-corrected chi connectivity index (χ0v) is 25.9. The van der Waals surface area contributed by atoms with Crippen molar-refractivity contribution >= 4 is 40.9 Å². The summed E-state index contributed by atoms with van der Waals surface area (Å²) >= 11 is 12.1. The van der Waals surface area contributed by atoms with Crippen molar-refractivity contribution in [3.63, 3.8) is 0 Å². The second-order valence-corrected chi connectivity index (χ2v) is 10.5. The second kappa shape index (κ2) is 18.2. The molecule has 0 aliphatic heterocycles. The van der Waals surface area contributed by atoms with Crippen molar-refractivity contribution in [2.75, 3.05) is 45.3 Å². The molecule has 3 rings (SSSR count). The maximum atomic E-state index is 13.1. The lowest BCUT2D eigenvalue weighted by Crippen LogP contribution is -2.38. The zero-order chi connectivity index (χ0) is 31.0. The lowest BCUT2D eigenvalue weighted by Gasteiger charge is -2.23. The fourth-order valence-electron chi connectivity index (χ4n) is 4.21. The van der Waals surface area contributed by atoms with E-state index in [9.17, 15) is 14.7 Å². The van der Waals surface area contributed by atoms with E-state index in [2.05, 4.69) is 5.32 Å². The van der Waals surface area contributed by atoms with Gasteiger partial charge in [0.05, 0.1) is 20.3 Å². The summed E-state index contributed by atoms with van der Waals surface area (Å²) < 4.78 is 22.2. The first-order chi connectivity index (χ1) is 20.8. The standard InChI is InChI=1S/C32H38Cl2N2O7/c1-3-42-30(31(37)38)20-23-6-10-29(11-7-23)43-17-15-36(32(39)35-27-8-12-28(40-2)13-9-27)14-4-5-16-41-22-24-18-25(33)21-26(34)19-24/h6-13,18-19,21,30H,3-5,14-17,20,22H2,1-2H3,(H,35,39)(H,37,38). The van der Waals surface area contributed by atoms with Gasteiger partial charge in [0.1, 0.15) is 18.1 Å². The summed E-state index contributed by atoms with van der Waals surface area (Å²) in [6.45, 7) is 4.15. The molecule has 43 heavy (non-hydrogen) atoms. The number of unbranched alkanes of at least 4 members (excludes halogenated alkanes) is 1. The number of anilines is 1. The number of ether oxygens (including phenoxy) is 4. The van der Waals surface area contributed by atoms with Gasteiger partial charge < -0.3 is 34.3 Å². The number of rotatable bonds is 18. The molecular formula is C32H38Cl2N2O7. The van der Waals surface area contributed by atoms with Gasteiger partial charge in [-0.1, -0.05) is 35.3 Å². The van der Waals surface area contributed by atoms with Gasteiger partial charge in [0.2, 0.25) is 0 Å². The summed E-state index contributed by atoms with van der Waals surface area (Å²) in [6.07, 6.45) is 0.850. The molecule has 11 heteroatoms. The van der Waals surface area contributed by atoms with E-state index in [1.165, 1.54) is 0 Å². The number of methoxy groups -OCH3 is 1. The van der Waals surface area contributed by atoms with Crippen LogP contribution in [0.2, 0.25) is 10.0 Å². The third-order valence-corrected chi connectivity index (χ3v) is 6.84. The molecule has 0 aromatic heterocycles. The van der Waals surface area contributed by atoms with Gasteiger partial charge in [-0.05, 0) is 85.5 Å². The molecule has 2 amide bonds. The number of aliphatic carboxylic acids is 1. The van der Waals surface area contributed by atoms with Crippen LogP contribution in [0.1, 0.15) is 30.9 Å². The molecule has 2 N–H and O–H groups in total. The number of carboxylic acid groups (broad SMARTS) is 1. The fraction of sp³-hybridized carbons (Fsp3) is 0.375. The van der Waals surface area contributed by atoms with Crippen LogP contribution in [0.4, 0.5) is 10.5 Å². The number of carbonyl (C=O) groups excluding carboxylic acids is 1. The number of halogens is 2. The largest absolute Gasteiger partial charge is 0.497 e. The summed E-state index contributed by atoms with van der Waals surface area (Å²) in [4.78, 5) is 26.2. The molecule has 0 radical (unpaired) electrons. The molecule has 0 fully saturated rings. The van der Waals surface area contributed by atoms with Gasteiger partial charge in [0.25, 0.3) is 0 Å². The Labute approximate surface area is 262 Å². The summed E-state index contributed by atoms with van der Waals surface area (Å²) in [5, 5.41) is 13.4. The van der Waals surface area contributed by atoms with E-state index in [0.29, 0.717) is 60.1 Å². The van der Waals surface area contributed by atoms with E-state index in [1.54, 1.807) is 61.4 Å². The molecule has 9 nitrogen and oxygen atoms in total. The Balaban J connectivity index is 1.50. The number of carbonyl (C=O) groups is 2. The maximum absolute atomic E-state index is 13.1. The lowest BCUT2D eigenvalue weighted by molar-refractivity contribution is -0.149. The quantitative estimate of drug-likeness (QED) is 0.146. The highest BCUT2D eigenvalue weighted by atomic mass is 35.5. The Kier molecular flexibility index (Phi) is 14.4. The minimum Gasteiger partial charge on any atom is -0.497 e. The molecule has 0 saturated carbocycles. The normalized spacial score (nSPS) is 11.5. The highest BCUT2D eigenvalue weighted by Crippen LogP contribution is 2.20. The average molecular weight is 634 g/mol. The molecule has 0 bridgehead atoms. The summed E-state index contributed by atoms with van der Waals surface area (Å²) in [7, 11) is 1.59. The molecule has 1 atom stereocenters. The third kappa shape index (κ3) is 12.3. The van der Waals surface area contributed by atoms with Gasteiger partial charge in [0.15, 0.2) is 6.10 Å². The number of urea groups is 1. The molecule has 232 valence electrons. The molecular weight excluding hydrogens is 595 g/mol. The Morgan fingerprint density at radius 3 is 2.19 bits per heavy atom. The van der Waals surface area contributed by atoms with E-state index < -0.39 is 12.1 Å². The van der Waals surface area contributed by atoms with Crippen LogP contribution in [-0.4, -0.2) is 68.1 Å². The van der Waals surface area contributed by atoms with Gasteiger partial charge in [-0.25, -0.2) is 9.59 Å². The minimum atomic E-state index is -0.993. The number of hydrogen-bond acceptors (Lipinski definition) is 6. The molecule has 3 aromatic carbocycles. The number of carboxylic acids is 1. The summed E-state index contributed by atoms with van der Waals surface area (Å²) in [6, 6.07) is 19.4. The minimum absolute atomic E-state index is 0.241. The SMILES string of the molecule is CCOC(Cc1ccc(OCCN(CCCCOCc2cc(Cl)cc(Cl)c2)C(=O)Nc2ccc(OC)cc2)cc1)C(=O)O. The Morgan fingerprint density at radius 2 is 1.56 bits per heavy atom. The molecule has 0 spiro atoms. The third-order valence-electron chi connectivity index (χ3n) is 6.40. The summed E-state index contributed by atoms with van der Waals surface area (Å²) in [5.74, 6) is 0.329. The van der Waals surface area contributed by atoms with Crippen molar-refractivity contribution in [3.05, 3.63) is 87.9 Å². The van der Waals surface area contributed by atoms with Crippen LogP contribution in [0.15, 0.2) is 66.7 Å². The van der Waals surface area contributed by atoms with Gasteiger partial charge in [-0.3, -0.25) is 0 Å². The van der Waals surface area contributed by atoms with Crippen LogP contribution >= 0.6 is 23.2 Å². The lowest BCUT2D eigenvalue weighted by atomic mass is 10.1. The van der Waals surface area contributed by atoms with Crippen molar-refractivity contribution in [2.45, 2.75) is 38.9 Å². The van der Waals surface area contributed by atoms with Crippen LogP contribution in [0, 0.1) is 0 Å². The predicted octanol–water partition coefficient (Wildman–Crippen LogP) is 6.94. The van der Waals surface area contributed by atoms with Crippen LogP contribution < -0.4 is 14.8 Å². The first-order valence-electron chi connectivity index (χ1n) is 14.1. The Hall–Kier alpha value is -3.50. The van der Waals surface area contributed by atoms with Crippen LogP contribution in [-0.2, 0) is 27.3 Å². The van der Waals surface area contributed by atoms with Gasteiger partial charge in [0, 0.05) is 41.9 Å². The van der Waals surface area contributed by atoms with E-state index >= 15 is 0 Å². The number of benzene rings is 3. The van der Waals surface area contributed by atoms with E-state index in [1.807, 2.05) is 24.3 Å². The number of nitrogens with zero attached hydrogens (tertiary/aromatic N) is 1. The molecule has 1 unspecified atom stereocenters. The van der Waals surface area contributed by atoms with Crippen LogP contribution in [0.3, 0.4) is 0 Å². The van der Waals surface area contributed by atoms with Gasteiger partial charge >= 0.3 is 12.0 Å². The van der Waals surface area contributed by atoms with Gasteiger partial charge in [-0.2, -0.15) is 0 Å². The average Bonchev–Trinajstić information content (AvgIpc) is 2.98. The molecule has 0 saturated heterocycles. The van der Waals surface area contributed by atoms with Crippen LogP contribution in [0.25, 0.3) is 0 Å². The number of amides is 2. The van der Waals surface area contributed by atoms with Gasteiger partial charge in [-0.15, -0.1) is 0 Å². The van der Waals surface area contributed by atoms with E-state index in [-0.39, 0.29) is 19.1 Å². The highest BCUT2D eigenvalue weighted by Gasteiger charge is 2.18. The Bertz CT molecular complexity index is 1270. The maximum Gasteiger partial charge on any atom is 0.333 e. The molecule has 0 aliphatic rings. The topological polar surface area (TPSA) is 107 Å². The monoisotopic (exact) mass is 632 g/mol. The highest BCUT2D eigenvalue weighted by molar-refractivity contribution is 6.34. The second-order valence-electron chi connectivity index (χ2n) is 9.66. The van der Waals surface area contributed by atoms with E-state index in [0.717, 1.165) is 24.0 Å². The molecule has 0 aliphatic carbocycles. The fourth-order valence-corrected chi connectivity index (χ4v) is 4.78. The van der Waals surface area contributed by atoms with Crippen molar-refractivity contribution in [2.24, 2.45) is 0 Å². The zero-order valence-electron chi connectivity index (χ0n) is 24.4. The van der Waals surface area contributed by atoms with Crippen molar-refractivity contribution < 1.29 is 33.6 Å². The Morgan fingerprint density at radius 1 is 0.884 bits per heavy atom. The smallest absolute Gasteiger partial charge is 0.333 e. The molecule has 0 heterocycles. The first kappa shape index (κ1) is 34.0. The summed E-state index contributed by atoms with van der Waals surface area (Å²) in [5.41, 5.74) is 2.39.